The van der Waals surface area contributed by atoms with Crippen molar-refractivity contribution in [1.82, 2.24) is 0 Å². The van der Waals surface area contributed by atoms with Crippen molar-refractivity contribution in [2.75, 3.05) is 32.1 Å². The number of rotatable bonds is 5. The Hall–Kier alpha value is -1.74. The molecule has 0 radical (unpaired) electrons. The van der Waals surface area contributed by atoms with Crippen LogP contribution in [0.2, 0.25) is 0 Å². The fourth-order valence-electron chi connectivity index (χ4n) is 3.58. The van der Waals surface area contributed by atoms with Crippen molar-refractivity contribution >= 4 is 44.1 Å². The molecule has 3 rings (SSSR count). The van der Waals surface area contributed by atoms with E-state index in [1.807, 2.05) is 44.2 Å². The molecular formula is C20H24BrN2O4S+. The zero-order chi connectivity index (χ0) is 20.3. The lowest BCUT2D eigenvalue weighted by Gasteiger charge is -2.31. The molecule has 8 heteroatoms. The lowest BCUT2D eigenvalue weighted by Crippen LogP contribution is -3.16. The van der Waals surface area contributed by atoms with Gasteiger partial charge < -0.3 is 19.7 Å². The number of hydrogen-bond donors (Lipinski definition) is 2. The summed E-state index contributed by atoms with van der Waals surface area (Å²) < 4.78 is 11.5. The van der Waals surface area contributed by atoms with Gasteiger partial charge in [0.1, 0.15) is 35.9 Å². The van der Waals surface area contributed by atoms with Gasteiger partial charge in [-0.3, -0.25) is 4.79 Å². The van der Waals surface area contributed by atoms with Crippen molar-refractivity contribution in [1.29, 1.82) is 0 Å². The number of thiophene rings is 1. The maximum Gasteiger partial charge on any atom is 0.341 e. The highest BCUT2D eigenvalue weighted by atomic mass is 79.9. The summed E-state index contributed by atoms with van der Waals surface area (Å²) in [5.74, 6) is -0.605. The highest BCUT2D eigenvalue weighted by molar-refractivity contribution is 9.11. The molecule has 2 aromatic rings. The Morgan fingerprint density at radius 2 is 1.89 bits per heavy atom. The number of nitrogens with one attached hydrogen (secondary N) is 2. The van der Waals surface area contributed by atoms with Crippen LogP contribution in [0.1, 0.15) is 24.2 Å². The Morgan fingerprint density at radius 1 is 1.25 bits per heavy atom. The summed E-state index contributed by atoms with van der Waals surface area (Å²) in [6.07, 6.45) is 0.246. The monoisotopic (exact) mass is 467 g/mol. The van der Waals surface area contributed by atoms with Crippen LogP contribution >= 0.6 is 27.3 Å². The first kappa shape index (κ1) is 21.0. The van der Waals surface area contributed by atoms with Gasteiger partial charge in [-0.05, 0) is 35.3 Å². The molecule has 1 unspecified atom stereocenters. The predicted molar refractivity (Wildman–Crippen MR) is 113 cm³/mol. The molecule has 2 heterocycles. The lowest BCUT2D eigenvalue weighted by molar-refractivity contribution is -0.907. The van der Waals surface area contributed by atoms with Crippen LogP contribution in [-0.4, -0.2) is 50.8 Å². The molecule has 1 aliphatic rings. The van der Waals surface area contributed by atoms with Crippen molar-refractivity contribution in [2.24, 2.45) is 0 Å². The summed E-state index contributed by atoms with van der Waals surface area (Å²) in [6.45, 7) is 5.93. The Morgan fingerprint density at radius 3 is 2.50 bits per heavy atom. The summed E-state index contributed by atoms with van der Waals surface area (Å²) in [5.41, 5.74) is 1.99. The van der Waals surface area contributed by atoms with E-state index in [2.05, 4.69) is 21.2 Å². The van der Waals surface area contributed by atoms with E-state index in [1.165, 1.54) is 23.3 Å². The van der Waals surface area contributed by atoms with Crippen molar-refractivity contribution in [3.05, 3.63) is 39.7 Å². The van der Waals surface area contributed by atoms with Crippen LogP contribution in [0.15, 0.2) is 34.1 Å². The van der Waals surface area contributed by atoms with Gasteiger partial charge in [-0.15, -0.1) is 11.3 Å². The van der Waals surface area contributed by atoms with Gasteiger partial charge in [0.05, 0.1) is 10.9 Å². The van der Waals surface area contributed by atoms with Gasteiger partial charge in [0.25, 0.3) is 5.91 Å². The Labute approximate surface area is 176 Å². The third kappa shape index (κ3) is 4.81. The summed E-state index contributed by atoms with van der Waals surface area (Å²) >= 11 is 4.87. The maximum atomic E-state index is 12.7. The molecule has 6 nitrogen and oxygen atoms in total. The largest absolute Gasteiger partial charge is 0.465 e. The van der Waals surface area contributed by atoms with Gasteiger partial charge in [-0.1, -0.05) is 30.3 Å². The van der Waals surface area contributed by atoms with E-state index in [0.717, 1.165) is 28.0 Å². The molecule has 3 atom stereocenters. The normalized spacial score (nSPS) is 21.9. The number of carbonyl (C=O) groups excluding carboxylic acids is 2. The van der Waals surface area contributed by atoms with Gasteiger partial charge in [-0.2, -0.15) is 0 Å². The van der Waals surface area contributed by atoms with Crippen LogP contribution in [0.25, 0.3) is 11.1 Å². The van der Waals surface area contributed by atoms with Crippen LogP contribution in [0.4, 0.5) is 5.00 Å². The fraction of sp³-hybridized carbons (Fsp3) is 0.400. The molecule has 2 N–H and O–H groups in total. The van der Waals surface area contributed by atoms with Gasteiger partial charge in [0, 0.05) is 5.56 Å². The van der Waals surface area contributed by atoms with E-state index in [1.54, 1.807) is 0 Å². The molecule has 0 bridgehead atoms. The van der Waals surface area contributed by atoms with Gasteiger partial charge in [0.2, 0.25) is 0 Å². The smallest absolute Gasteiger partial charge is 0.341 e. The fourth-order valence-corrected chi connectivity index (χ4v) is 5.45. The average molecular weight is 468 g/mol. The van der Waals surface area contributed by atoms with Gasteiger partial charge in [-0.25, -0.2) is 4.79 Å². The zero-order valence-corrected chi connectivity index (χ0v) is 18.5. The molecule has 1 aromatic heterocycles. The van der Waals surface area contributed by atoms with Crippen LogP contribution in [0, 0.1) is 0 Å². The number of morpholine rings is 1. The highest BCUT2D eigenvalue weighted by Crippen LogP contribution is 2.43. The third-order valence-electron chi connectivity index (χ3n) is 4.60. The van der Waals surface area contributed by atoms with Crippen molar-refractivity contribution in [2.45, 2.75) is 26.1 Å². The topological polar surface area (TPSA) is 69.1 Å². The number of quaternary nitrogens is 1. The Bertz CT molecular complexity index is 845. The van der Waals surface area contributed by atoms with Crippen LogP contribution in [-0.2, 0) is 14.3 Å². The minimum absolute atomic E-state index is 0.123. The van der Waals surface area contributed by atoms with Crippen LogP contribution < -0.4 is 10.2 Å². The lowest BCUT2D eigenvalue weighted by atomic mass is 10.0. The molecule has 150 valence electrons. The number of anilines is 1. The van der Waals surface area contributed by atoms with Crippen molar-refractivity contribution in [3.63, 3.8) is 0 Å². The second-order valence-corrected chi connectivity index (χ2v) is 9.29. The first-order chi connectivity index (χ1) is 13.4. The van der Waals surface area contributed by atoms with E-state index in [4.69, 9.17) is 9.47 Å². The van der Waals surface area contributed by atoms with E-state index in [0.29, 0.717) is 17.1 Å². The van der Waals surface area contributed by atoms with Gasteiger partial charge in [0.15, 0.2) is 6.54 Å². The number of halogens is 1. The summed E-state index contributed by atoms with van der Waals surface area (Å²) in [5, 5.41) is 3.42. The van der Waals surface area contributed by atoms with Crippen LogP contribution in [0.5, 0.6) is 0 Å². The van der Waals surface area contributed by atoms with E-state index >= 15 is 0 Å². The molecule has 28 heavy (non-hydrogen) atoms. The van der Waals surface area contributed by atoms with Crippen LogP contribution in [0.3, 0.4) is 0 Å². The molecule has 0 saturated carbocycles. The average Bonchev–Trinajstić information content (AvgIpc) is 2.96. The Balaban J connectivity index is 1.83. The second kappa shape index (κ2) is 9.17. The zero-order valence-electron chi connectivity index (χ0n) is 16.1. The summed E-state index contributed by atoms with van der Waals surface area (Å²) in [7, 11) is 1.34. The molecule has 1 amide bonds. The Kier molecular flexibility index (Phi) is 6.87. The van der Waals surface area contributed by atoms with Crippen molar-refractivity contribution < 1.29 is 24.0 Å². The SMILES string of the molecule is COC(=O)c1c(NC(=O)C[NH+]2C[C@@H](C)O[C@@H](C)C2)sc(Br)c1-c1ccccc1. The minimum Gasteiger partial charge on any atom is -0.465 e. The minimum atomic E-state index is -0.475. The first-order valence-corrected chi connectivity index (χ1v) is 10.7. The highest BCUT2D eigenvalue weighted by Gasteiger charge is 2.29. The second-order valence-electron chi connectivity index (χ2n) is 6.95. The number of hydrogen-bond acceptors (Lipinski definition) is 5. The van der Waals surface area contributed by atoms with Crippen molar-refractivity contribution in [3.8, 4) is 11.1 Å². The first-order valence-electron chi connectivity index (χ1n) is 9.14. The third-order valence-corrected chi connectivity index (χ3v) is 6.37. The number of benzene rings is 1. The standard InChI is InChI=1S/C20H23BrN2O4S/c1-12-9-23(10-13(2)27-12)11-15(24)22-19-17(20(25)26-3)16(18(21)28-19)14-7-5-4-6-8-14/h4-8,12-13H,9-11H2,1-3H3,(H,22,24)/p+1/t12-,13+. The summed E-state index contributed by atoms with van der Waals surface area (Å²) in [6, 6.07) is 9.57. The van der Waals surface area contributed by atoms with E-state index < -0.39 is 5.97 Å². The number of ether oxygens (including phenoxy) is 2. The quantitative estimate of drug-likeness (QED) is 0.663. The number of esters is 1. The number of amides is 1. The molecule has 1 aromatic carbocycles. The molecule has 1 saturated heterocycles. The number of methoxy groups -OCH3 is 1. The van der Waals surface area contributed by atoms with Gasteiger partial charge >= 0.3 is 5.97 Å². The summed E-state index contributed by atoms with van der Waals surface area (Å²) in [4.78, 5) is 26.3. The predicted octanol–water partition coefficient (Wildman–Crippen LogP) is 2.59. The molecule has 1 aliphatic heterocycles. The molecule has 0 aliphatic carbocycles. The van der Waals surface area contributed by atoms with E-state index in [9.17, 15) is 9.59 Å². The van der Waals surface area contributed by atoms with E-state index in [-0.39, 0.29) is 18.1 Å². The maximum absolute atomic E-state index is 12.7. The number of carbonyl (C=O) groups is 2. The molecule has 1 fully saturated rings. The molecule has 0 spiro atoms. The molecular weight excluding hydrogens is 444 g/mol.